The average Bonchev–Trinajstić information content (AvgIpc) is 3.17. The monoisotopic (exact) mass is 257 g/mol. The SMILES string of the molecule is N#Cc1cc(CNC2CC2)ccc1N1CCC(O)C1. The van der Waals surface area contributed by atoms with Gasteiger partial charge < -0.3 is 15.3 Å². The minimum absolute atomic E-state index is 0.261. The van der Waals surface area contributed by atoms with Crippen molar-refractivity contribution in [1.82, 2.24) is 5.32 Å². The van der Waals surface area contributed by atoms with Crippen molar-refractivity contribution in [2.45, 2.75) is 38.0 Å². The van der Waals surface area contributed by atoms with Gasteiger partial charge in [0.25, 0.3) is 0 Å². The number of β-amino-alcohol motifs (C(OH)–C–C–N with tert-alkyl or cyclic N) is 1. The van der Waals surface area contributed by atoms with Crippen LogP contribution in [0.5, 0.6) is 0 Å². The molecule has 1 unspecified atom stereocenters. The minimum Gasteiger partial charge on any atom is -0.391 e. The number of anilines is 1. The zero-order chi connectivity index (χ0) is 13.2. The number of aliphatic hydroxyl groups excluding tert-OH is 1. The summed E-state index contributed by atoms with van der Waals surface area (Å²) in [4.78, 5) is 2.10. The van der Waals surface area contributed by atoms with E-state index in [1.165, 1.54) is 12.8 Å². The van der Waals surface area contributed by atoms with Crippen molar-refractivity contribution in [3.05, 3.63) is 29.3 Å². The summed E-state index contributed by atoms with van der Waals surface area (Å²) in [7, 11) is 0. The minimum atomic E-state index is -0.261. The molecule has 0 radical (unpaired) electrons. The van der Waals surface area contributed by atoms with Crippen LogP contribution in [0, 0.1) is 11.3 Å². The van der Waals surface area contributed by atoms with E-state index in [0.29, 0.717) is 18.2 Å². The van der Waals surface area contributed by atoms with E-state index < -0.39 is 0 Å². The van der Waals surface area contributed by atoms with Crippen LogP contribution in [0.25, 0.3) is 0 Å². The molecule has 2 fully saturated rings. The highest BCUT2D eigenvalue weighted by Gasteiger charge is 2.23. The van der Waals surface area contributed by atoms with Crippen molar-refractivity contribution in [2.75, 3.05) is 18.0 Å². The molecule has 0 spiro atoms. The zero-order valence-electron chi connectivity index (χ0n) is 11.0. The van der Waals surface area contributed by atoms with Gasteiger partial charge in [0.1, 0.15) is 6.07 Å². The first kappa shape index (κ1) is 12.5. The fourth-order valence-electron chi connectivity index (χ4n) is 2.57. The summed E-state index contributed by atoms with van der Waals surface area (Å²) in [5.41, 5.74) is 2.82. The van der Waals surface area contributed by atoms with E-state index >= 15 is 0 Å². The topological polar surface area (TPSA) is 59.3 Å². The maximum Gasteiger partial charge on any atom is 0.101 e. The van der Waals surface area contributed by atoms with E-state index in [1.54, 1.807) is 0 Å². The van der Waals surface area contributed by atoms with Gasteiger partial charge in [-0.05, 0) is 37.0 Å². The van der Waals surface area contributed by atoms with Crippen molar-refractivity contribution < 1.29 is 5.11 Å². The van der Waals surface area contributed by atoms with E-state index in [0.717, 1.165) is 30.8 Å². The molecule has 3 rings (SSSR count). The lowest BCUT2D eigenvalue weighted by Gasteiger charge is -2.19. The number of benzene rings is 1. The average molecular weight is 257 g/mol. The second-order valence-corrected chi connectivity index (χ2v) is 5.51. The quantitative estimate of drug-likeness (QED) is 0.855. The summed E-state index contributed by atoms with van der Waals surface area (Å²) in [5, 5.41) is 22.4. The fraction of sp³-hybridized carbons (Fsp3) is 0.533. The molecule has 1 aliphatic carbocycles. The molecule has 1 heterocycles. The van der Waals surface area contributed by atoms with Gasteiger partial charge in [-0.15, -0.1) is 0 Å². The lowest BCUT2D eigenvalue weighted by atomic mass is 10.1. The molecule has 0 bridgehead atoms. The Morgan fingerprint density at radius 1 is 1.37 bits per heavy atom. The van der Waals surface area contributed by atoms with E-state index in [2.05, 4.69) is 22.4 Å². The second-order valence-electron chi connectivity index (χ2n) is 5.51. The van der Waals surface area contributed by atoms with Gasteiger partial charge in [0.05, 0.1) is 17.4 Å². The molecule has 1 saturated heterocycles. The Labute approximate surface area is 113 Å². The highest BCUT2D eigenvalue weighted by Crippen LogP contribution is 2.26. The Balaban J connectivity index is 1.75. The van der Waals surface area contributed by atoms with E-state index in [1.807, 2.05) is 12.1 Å². The van der Waals surface area contributed by atoms with Crippen LogP contribution in [-0.4, -0.2) is 30.3 Å². The Hall–Kier alpha value is -1.57. The molecule has 1 aliphatic heterocycles. The first-order chi connectivity index (χ1) is 9.26. The molecule has 1 atom stereocenters. The Morgan fingerprint density at radius 3 is 2.84 bits per heavy atom. The fourth-order valence-corrected chi connectivity index (χ4v) is 2.57. The van der Waals surface area contributed by atoms with Crippen molar-refractivity contribution in [3.8, 4) is 6.07 Å². The molecule has 4 heteroatoms. The van der Waals surface area contributed by atoms with Gasteiger partial charge in [-0.1, -0.05) is 6.07 Å². The Bertz CT molecular complexity index is 505. The lowest BCUT2D eigenvalue weighted by Crippen LogP contribution is -2.22. The second kappa shape index (κ2) is 5.20. The molecule has 100 valence electrons. The van der Waals surface area contributed by atoms with Gasteiger partial charge in [-0.25, -0.2) is 0 Å². The van der Waals surface area contributed by atoms with Crippen LogP contribution in [0.3, 0.4) is 0 Å². The van der Waals surface area contributed by atoms with Crippen LogP contribution >= 0.6 is 0 Å². The molecule has 0 aromatic heterocycles. The number of hydrogen-bond donors (Lipinski definition) is 2. The van der Waals surface area contributed by atoms with Crippen LogP contribution in [0.4, 0.5) is 5.69 Å². The summed E-state index contributed by atoms with van der Waals surface area (Å²) in [6, 6.07) is 9.02. The van der Waals surface area contributed by atoms with Gasteiger partial charge in [-0.3, -0.25) is 0 Å². The van der Waals surface area contributed by atoms with Gasteiger partial charge in [0, 0.05) is 25.7 Å². The molecule has 2 aliphatic rings. The summed E-state index contributed by atoms with van der Waals surface area (Å²) in [6.07, 6.45) is 3.07. The number of nitrogens with one attached hydrogen (secondary N) is 1. The standard InChI is InChI=1S/C15H19N3O/c16-8-12-7-11(9-17-13-2-3-13)1-4-15(12)18-6-5-14(19)10-18/h1,4,7,13-14,17,19H,2-3,5-6,9-10H2. The third-order valence-electron chi connectivity index (χ3n) is 3.86. The first-order valence-electron chi connectivity index (χ1n) is 6.95. The summed E-state index contributed by atoms with van der Waals surface area (Å²) in [5.74, 6) is 0. The Morgan fingerprint density at radius 2 is 2.21 bits per heavy atom. The van der Waals surface area contributed by atoms with Crippen LogP contribution < -0.4 is 10.2 Å². The molecule has 1 saturated carbocycles. The summed E-state index contributed by atoms with van der Waals surface area (Å²) < 4.78 is 0. The van der Waals surface area contributed by atoms with Gasteiger partial charge in [-0.2, -0.15) is 5.26 Å². The molecule has 1 aromatic carbocycles. The lowest BCUT2D eigenvalue weighted by molar-refractivity contribution is 0.198. The van der Waals surface area contributed by atoms with Crippen LogP contribution in [-0.2, 0) is 6.54 Å². The maximum atomic E-state index is 9.60. The number of nitriles is 1. The number of hydrogen-bond acceptors (Lipinski definition) is 4. The van der Waals surface area contributed by atoms with Crippen molar-refractivity contribution in [3.63, 3.8) is 0 Å². The summed E-state index contributed by atoms with van der Waals surface area (Å²) >= 11 is 0. The van der Waals surface area contributed by atoms with Crippen molar-refractivity contribution in [1.29, 1.82) is 5.26 Å². The molecule has 2 N–H and O–H groups in total. The predicted octanol–water partition coefficient (Wildman–Crippen LogP) is 1.38. The largest absolute Gasteiger partial charge is 0.391 e. The number of rotatable bonds is 4. The number of aliphatic hydroxyl groups is 1. The van der Waals surface area contributed by atoms with Crippen LogP contribution in [0.2, 0.25) is 0 Å². The molecule has 1 aromatic rings. The molecular formula is C15H19N3O. The molecule has 19 heavy (non-hydrogen) atoms. The predicted molar refractivity (Wildman–Crippen MR) is 73.9 cm³/mol. The van der Waals surface area contributed by atoms with Gasteiger partial charge >= 0.3 is 0 Å². The normalized spacial score (nSPS) is 22.5. The molecular weight excluding hydrogens is 238 g/mol. The molecule has 0 amide bonds. The van der Waals surface area contributed by atoms with E-state index in [4.69, 9.17) is 0 Å². The highest BCUT2D eigenvalue weighted by atomic mass is 16.3. The third-order valence-corrected chi connectivity index (χ3v) is 3.86. The smallest absolute Gasteiger partial charge is 0.101 e. The zero-order valence-corrected chi connectivity index (χ0v) is 11.0. The summed E-state index contributed by atoms with van der Waals surface area (Å²) in [6.45, 7) is 2.30. The van der Waals surface area contributed by atoms with Crippen molar-refractivity contribution in [2.24, 2.45) is 0 Å². The van der Waals surface area contributed by atoms with Gasteiger partial charge in [0.15, 0.2) is 0 Å². The van der Waals surface area contributed by atoms with Gasteiger partial charge in [0.2, 0.25) is 0 Å². The Kier molecular flexibility index (Phi) is 3.41. The number of nitrogens with zero attached hydrogens (tertiary/aromatic N) is 2. The molecule has 4 nitrogen and oxygen atoms in total. The third kappa shape index (κ3) is 2.89. The first-order valence-corrected chi connectivity index (χ1v) is 6.95. The van der Waals surface area contributed by atoms with E-state index in [-0.39, 0.29) is 6.10 Å². The van der Waals surface area contributed by atoms with E-state index in [9.17, 15) is 10.4 Å². The van der Waals surface area contributed by atoms with Crippen LogP contribution in [0.1, 0.15) is 30.4 Å². The van der Waals surface area contributed by atoms with Crippen LogP contribution in [0.15, 0.2) is 18.2 Å². The maximum absolute atomic E-state index is 9.60. The highest BCUT2D eigenvalue weighted by molar-refractivity contribution is 5.61. The van der Waals surface area contributed by atoms with Crippen molar-refractivity contribution >= 4 is 5.69 Å².